The summed E-state index contributed by atoms with van der Waals surface area (Å²) in [4.78, 5) is 29.4. The number of nitrogens with one attached hydrogen (secondary N) is 3. The molecule has 2 aliphatic heterocycles. The Hall–Kier alpha value is -1.78. The molecule has 2 amide bonds. The fourth-order valence-corrected chi connectivity index (χ4v) is 7.69. The summed E-state index contributed by atoms with van der Waals surface area (Å²) < 4.78 is 40.0. The van der Waals surface area contributed by atoms with Gasteiger partial charge >= 0.3 is 6.18 Å². The highest BCUT2D eigenvalue weighted by atomic mass is 32.2. The van der Waals surface area contributed by atoms with Crippen molar-refractivity contribution in [1.82, 2.24) is 20.9 Å². The number of rotatable bonds is 7. The van der Waals surface area contributed by atoms with Crippen LogP contribution in [-0.2, 0) is 16.0 Å². The highest BCUT2D eigenvalue weighted by molar-refractivity contribution is 7.99. The van der Waals surface area contributed by atoms with E-state index in [0.717, 1.165) is 24.8 Å². The maximum Gasteiger partial charge on any atom is 0.390 e. The Bertz CT molecular complexity index is 989. The topological polar surface area (TPSA) is 73.5 Å². The molecule has 206 valence electrons. The highest BCUT2D eigenvalue weighted by Gasteiger charge is 2.54. The SMILES string of the molecule is CN[C@@H](C)C(CC(F)(F)F)N[C@H]1CCS[C@H]2CC(C)(C)[C@@H](C(=O)N[C@@H]3CCCc4ccccc43)N2C1=O. The van der Waals surface area contributed by atoms with E-state index < -0.39 is 42.2 Å². The van der Waals surface area contributed by atoms with Crippen LogP contribution >= 0.6 is 11.8 Å². The van der Waals surface area contributed by atoms with Crippen LogP contribution in [0.5, 0.6) is 0 Å². The number of fused-ring (bicyclic) bond motifs is 2. The van der Waals surface area contributed by atoms with Crippen LogP contribution in [0.25, 0.3) is 0 Å². The van der Waals surface area contributed by atoms with Crippen LogP contribution in [0, 0.1) is 5.41 Å². The number of alkyl halides is 3. The molecule has 6 nitrogen and oxygen atoms in total. The Balaban J connectivity index is 1.56. The molecule has 0 radical (unpaired) electrons. The van der Waals surface area contributed by atoms with Crippen molar-refractivity contribution >= 4 is 23.6 Å². The lowest BCUT2D eigenvalue weighted by molar-refractivity contribution is -0.147. The molecule has 0 aromatic heterocycles. The first-order valence-corrected chi connectivity index (χ1v) is 14.3. The van der Waals surface area contributed by atoms with Gasteiger partial charge in [0.1, 0.15) is 6.04 Å². The quantitative estimate of drug-likeness (QED) is 0.485. The van der Waals surface area contributed by atoms with Crippen molar-refractivity contribution in [3.63, 3.8) is 0 Å². The summed E-state index contributed by atoms with van der Waals surface area (Å²) in [6.45, 7) is 5.69. The van der Waals surface area contributed by atoms with E-state index in [2.05, 4.69) is 28.1 Å². The Morgan fingerprint density at radius 2 is 1.95 bits per heavy atom. The third-order valence-corrected chi connectivity index (χ3v) is 9.41. The first kappa shape index (κ1) is 28.2. The average Bonchev–Trinajstić information content (AvgIpc) is 3.02. The lowest BCUT2D eigenvalue weighted by Gasteiger charge is -2.37. The molecule has 1 aromatic carbocycles. The summed E-state index contributed by atoms with van der Waals surface area (Å²) in [5.74, 6) is 0.178. The van der Waals surface area contributed by atoms with E-state index in [-0.39, 0.29) is 23.2 Å². The van der Waals surface area contributed by atoms with Crippen LogP contribution in [-0.4, -0.2) is 65.2 Å². The molecule has 2 heterocycles. The lowest BCUT2D eigenvalue weighted by Crippen LogP contribution is -2.59. The van der Waals surface area contributed by atoms with Crippen LogP contribution < -0.4 is 16.0 Å². The number of hydrogen-bond acceptors (Lipinski definition) is 5. The van der Waals surface area contributed by atoms with Gasteiger partial charge in [-0.1, -0.05) is 38.1 Å². The smallest absolute Gasteiger partial charge is 0.347 e. The zero-order chi connectivity index (χ0) is 27.0. The number of benzene rings is 1. The summed E-state index contributed by atoms with van der Waals surface area (Å²) in [5.41, 5.74) is 1.90. The van der Waals surface area contributed by atoms with Gasteiger partial charge in [-0.05, 0) is 68.4 Å². The van der Waals surface area contributed by atoms with Crippen molar-refractivity contribution in [2.45, 2.75) is 101 Å². The zero-order valence-corrected chi connectivity index (χ0v) is 22.8. The van der Waals surface area contributed by atoms with Crippen molar-refractivity contribution in [1.29, 1.82) is 0 Å². The second kappa shape index (κ2) is 11.1. The molecular formula is C27H39F3N4O2S. The maximum absolute atomic E-state index is 13.9. The van der Waals surface area contributed by atoms with E-state index >= 15 is 0 Å². The van der Waals surface area contributed by atoms with Crippen LogP contribution in [0.15, 0.2) is 24.3 Å². The Morgan fingerprint density at radius 1 is 1.22 bits per heavy atom. The van der Waals surface area contributed by atoms with Crippen LogP contribution in [0.2, 0.25) is 0 Å². The number of likely N-dealkylation sites (N-methyl/N-ethyl adjacent to an activating group) is 1. The number of carbonyl (C=O) groups is 2. The number of nitrogens with zero attached hydrogens (tertiary/aromatic N) is 1. The van der Waals surface area contributed by atoms with Gasteiger partial charge in [-0.25, -0.2) is 0 Å². The van der Waals surface area contributed by atoms with Gasteiger partial charge in [0.2, 0.25) is 11.8 Å². The van der Waals surface area contributed by atoms with E-state index in [9.17, 15) is 22.8 Å². The predicted molar refractivity (Wildman–Crippen MR) is 140 cm³/mol. The van der Waals surface area contributed by atoms with Gasteiger partial charge in [0, 0.05) is 12.1 Å². The van der Waals surface area contributed by atoms with Gasteiger partial charge in [-0.2, -0.15) is 13.2 Å². The first-order valence-electron chi connectivity index (χ1n) is 13.2. The second-order valence-corrected chi connectivity index (χ2v) is 12.6. The van der Waals surface area contributed by atoms with Crippen molar-refractivity contribution in [3.8, 4) is 0 Å². The number of halogens is 3. The number of aryl methyl sites for hydroxylation is 1. The van der Waals surface area contributed by atoms with E-state index in [1.165, 1.54) is 5.56 Å². The summed E-state index contributed by atoms with van der Waals surface area (Å²) in [6.07, 6.45) is -1.51. The monoisotopic (exact) mass is 540 g/mol. The molecular weight excluding hydrogens is 501 g/mol. The predicted octanol–water partition coefficient (Wildman–Crippen LogP) is 4.16. The first-order chi connectivity index (χ1) is 17.4. The Morgan fingerprint density at radius 3 is 2.65 bits per heavy atom. The average molecular weight is 541 g/mol. The van der Waals surface area contributed by atoms with Gasteiger partial charge in [-0.3, -0.25) is 9.59 Å². The molecule has 10 heteroatoms. The number of amides is 2. The molecule has 1 aliphatic carbocycles. The Labute approximate surface area is 221 Å². The molecule has 0 spiro atoms. The molecule has 2 fully saturated rings. The minimum absolute atomic E-state index is 0.108. The molecule has 1 aromatic rings. The van der Waals surface area contributed by atoms with Crippen LogP contribution in [0.4, 0.5) is 13.2 Å². The Kier molecular flexibility index (Phi) is 8.50. The van der Waals surface area contributed by atoms with Crippen molar-refractivity contribution in [2.24, 2.45) is 5.41 Å². The number of carbonyl (C=O) groups excluding carboxylic acids is 2. The second-order valence-electron chi connectivity index (χ2n) is 11.3. The molecule has 0 bridgehead atoms. The summed E-state index contributed by atoms with van der Waals surface area (Å²) in [6, 6.07) is 5.13. The van der Waals surface area contributed by atoms with Gasteiger partial charge in [-0.15, -0.1) is 11.8 Å². The molecule has 6 atom stereocenters. The number of hydrogen-bond donors (Lipinski definition) is 3. The minimum atomic E-state index is -4.36. The summed E-state index contributed by atoms with van der Waals surface area (Å²) in [5, 5.41) is 8.98. The third kappa shape index (κ3) is 6.28. The largest absolute Gasteiger partial charge is 0.390 e. The normalized spacial score (nSPS) is 29.2. The van der Waals surface area contributed by atoms with Crippen molar-refractivity contribution < 1.29 is 22.8 Å². The fraction of sp³-hybridized carbons (Fsp3) is 0.704. The van der Waals surface area contributed by atoms with Gasteiger partial charge < -0.3 is 20.9 Å². The van der Waals surface area contributed by atoms with E-state index in [1.807, 2.05) is 26.0 Å². The molecule has 2 saturated heterocycles. The molecule has 1 unspecified atom stereocenters. The fourth-order valence-electron chi connectivity index (χ4n) is 6.12. The molecule has 37 heavy (non-hydrogen) atoms. The van der Waals surface area contributed by atoms with Gasteiger partial charge in [0.25, 0.3) is 0 Å². The third-order valence-electron chi connectivity index (χ3n) is 8.16. The molecule has 3 aliphatic rings. The van der Waals surface area contributed by atoms with Crippen molar-refractivity contribution in [2.75, 3.05) is 12.8 Å². The standard InChI is InChI=1S/C27H39F3N4O2S/c1-16(31-4)21(14-27(28,29)30)32-20-12-13-37-22-15-26(2,3)23(34(22)25(20)36)24(35)33-19-11-7-9-17-8-5-6-10-18(17)19/h5-6,8,10,16,19-23,31-32H,7,9,11-15H2,1-4H3,(H,33,35)/t16-,19+,20-,21?,22-,23+/m0/s1. The molecule has 0 saturated carbocycles. The summed E-state index contributed by atoms with van der Waals surface area (Å²) in [7, 11) is 1.61. The molecule has 4 rings (SSSR count). The summed E-state index contributed by atoms with van der Waals surface area (Å²) >= 11 is 1.62. The van der Waals surface area contributed by atoms with Crippen molar-refractivity contribution in [3.05, 3.63) is 35.4 Å². The van der Waals surface area contributed by atoms with E-state index in [4.69, 9.17) is 0 Å². The van der Waals surface area contributed by atoms with E-state index in [1.54, 1.807) is 30.6 Å². The number of thioether (sulfide) groups is 1. The highest BCUT2D eigenvalue weighted by Crippen LogP contribution is 2.46. The maximum atomic E-state index is 13.9. The van der Waals surface area contributed by atoms with Crippen LogP contribution in [0.1, 0.15) is 70.0 Å². The van der Waals surface area contributed by atoms with Gasteiger partial charge in [0.05, 0.1) is 23.9 Å². The van der Waals surface area contributed by atoms with Crippen LogP contribution in [0.3, 0.4) is 0 Å². The zero-order valence-electron chi connectivity index (χ0n) is 22.0. The van der Waals surface area contributed by atoms with E-state index in [0.29, 0.717) is 18.6 Å². The minimum Gasteiger partial charge on any atom is -0.347 e. The lowest BCUT2D eigenvalue weighted by atomic mass is 9.83. The van der Waals surface area contributed by atoms with Gasteiger partial charge in [0.15, 0.2) is 0 Å². The molecule has 3 N–H and O–H groups in total.